The van der Waals surface area contributed by atoms with Gasteiger partial charge in [0.05, 0.1) is 24.1 Å². The number of alkyl carbamates (subject to hydrolysis) is 1. The standard InChI is InChI=1S/C30H33F4N5O3/c31-21-12-19(13-22(32)15-21)14-23-16-35-10-11-38(23)29(40)27-28(20-6-2-1-3-7-20)39(18-36-27)25-9-5-4-8-24(25)37-30(41)42-17-26(33)34/h1-3,6-7,12-13,15,18,23-26,35H,4-5,8-11,14,16-17H2,(H,37,41)/t23-,24+,25+/m1/s1. The number of amides is 2. The van der Waals surface area contributed by atoms with Crippen molar-refractivity contribution in [3.63, 3.8) is 0 Å². The fourth-order valence-electron chi connectivity index (χ4n) is 5.94. The molecule has 0 bridgehead atoms. The molecule has 224 valence electrons. The van der Waals surface area contributed by atoms with Gasteiger partial charge in [-0.2, -0.15) is 0 Å². The largest absolute Gasteiger partial charge is 0.443 e. The van der Waals surface area contributed by atoms with E-state index in [4.69, 9.17) is 0 Å². The molecule has 0 unspecified atom stereocenters. The number of carbonyl (C=O) groups is 2. The molecule has 2 aromatic carbocycles. The van der Waals surface area contributed by atoms with E-state index in [-0.39, 0.29) is 30.1 Å². The third-order valence-electron chi connectivity index (χ3n) is 7.78. The van der Waals surface area contributed by atoms with Crippen LogP contribution in [-0.2, 0) is 11.2 Å². The van der Waals surface area contributed by atoms with Gasteiger partial charge in [-0.15, -0.1) is 0 Å². The van der Waals surface area contributed by atoms with Gasteiger partial charge in [0.25, 0.3) is 12.3 Å². The van der Waals surface area contributed by atoms with E-state index in [0.717, 1.165) is 24.5 Å². The highest BCUT2D eigenvalue weighted by molar-refractivity contribution is 5.98. The number of carbonyl (C=O) groups excluding carboxylic acids is 2. The minimum Gasteiger partial charge on any atom is -0.443 e. The van der Waals surface area contributed by atoms with Gasteiger partial charge < -0.3 is 24.8 Å². The Labute approximate surface area is 241 Å². The van der Waals surface area contributed by atoms with Gasteiger partial charge in [-0.3, -0.25) is 4.79 Å². The van der Waals surface area contributed by atoms with Gasteiger partial charge in [0.15, 0.2) is 12.3 Å². The number of hydrogen-bond acceptors (Lipinski definition) is 5. The Morgan fingerprint density at radius 2 is 1.81 bits per heavy atom. The van der Waals surface area contributed by atoms with Crippen LogP contribution < -0.4 is 10.6 Å². The number of hydrogen-bond donors (Lipinski definition) is 2. The lowest BCUT2D eigenvalue weighted by atomic mass is 9.89. The lowest BCUT2D eigenvalue weighted by Gasteiger charge is -2.36. The smallest absolute Gasteiger partial charge is 0.407 e. The van der Waals surface area contributed by atoms with Crippen molar-refractivity contribution < 1.29 is 31.9 Å². The first-order valence-electron chi connectivity index (χ1n) is 14.1. The van der Waals surface area contributed by atoms with Crippen LogP contribution in [0.3, 0.4) is 0 Å². The van der Waals surface area contributed by atoms with Crippen LogP contribution in [0, 0.1) is 11.6 Å². The van der Waals surface area contributed by atoms with E-state index < -0.39 is 36.8 Å². The summed E-state index contributed by atoms with van der Waals surface area (Å²) in [4.78, 5) is 32.7. The molecule has 8 nitrogen and oxygen atoms in total. The van der Waals surface area contributed by atoms with Gasteiger partial charge in [-0.25, -0.2) is 27.3 Å². The molecule has 1 aliphatic carbocycles. The maximum atomic E-state index is 14.1. The number of ether oxygens (including phenoxy) is 1. The predicted octanol–water partition coefficient (Wildman–Crippen LogP) is 4.96. The summed E-state index contributed by atoms with van der Waals surface area (Å²) < 4.78 is 59.5. The van der Waals surface area contributed by atoms with Gasteiger partial charge in [0.1, 0.15) is 11.6 Å². The van der Waals surface area contributed by atoms with Crippen molar-refractivity contribution in [3.8, 4) is 11.3 Å². The van der Waals surface area contributed by atoms with Crippen LogP contribution in [0.1, 0.15) is 47.8 Å². The van der Waals surface area contributed by atoms with E-state index >= 15 is 0 Å². The molecule has 3 atom stereocenters. The van der Waals surface area contributed by atoms with Crippen LogP contribution >= 0.6 is 0 Å². The summed E-state index contributed by atoms with van der Waals surface area (Å²) >= 11 is 0. The quantitative estimate of drug-likeness (QED) is 0.364. The van der Waals surface area contributed by atoms with Crippen molar-refractivity contribution in [3.05, 3.63) is 77.8 Å². The van der Waals surface area contributed by atoms with Crippen LogP contribution in [0.15, 0.2) is 54.9 Å². The summed E-state index contributed by atoms with van der Waals surface area (Å²) in [5.41, 5.74) is 2.00. The molecule has 12 heteroatoms. The Balaban J connectivity index is 1.46. The van der Waals surface area contributed by atoms with Crippen LogP contribution in [0.5, 0.6) is 0 Å². The summed E-state index contributed by atoms with van der Waals surface area (Å²) in [6, 6.07) is 11.6. The number of nitrogens with one attached hydrogen (secondary N) is 2. The van der Waals surface area contributed by atoms with E-state index in [1.165, 1.54) is 12.1 Å². The van der Waals surface area contributed by atoms with Crippen molar-refractivity contribution in [2.75, 3.05) is 26.2 Å². The number of benzene rings is 2. The number of nitrogens with zero attached hydrogens (tertiary/aromatic N) is 3. The molecule has 2 aliphatic rings. The van der Waals surface area contributed by atoms with Crippen molar-refractivity contribution in [1.29, 1.82) is 0 Å². The number of alkyl halides is 2. The van der Waals surface area contributed by atoms with E-state index in [2.05, 4.69) is 20.4 Å². The molecule has 5 rings (SSSR count). The SMILES string of the molecule is O=C(N[C@H]1CCCC[C@@H]1n1cnc(C(=O)N2CCNC[C@H]2Cc2cc(F)cc(F)c2)c1-c1ccccc1)OCC(F)F. The van der Waals surface area contributed by atoms with Crippen LogP contribution in [0.4, 0.5) is 22.4 Å². The first-order chi connectivity index (χ1) is 20.3. The maximum absolute atomic E-state index is 14.1. The fourth-order valence-corrected chi connectivity index (χ4v) is 5.94. The molecule has 1 saturated carbocycles. The summed E-state index contributed by atoms with van der Waals surface area (Å²) in [7, 11) is 0. The van der Waals surface area contributed by atoms with Crippen LogP contribution in [0.2, 0.25) is 0 Å². The van der Waals surface area contributed by atoms with Gasteiger partial charge >= 0.3 is 6.09 Å². The molecule has 3 aromatic rings. The monoisotopic (exact) mass is 587 g/mol. The number of piperazine rings is 1. The lowest BCUT2D eigenvalue weighted by Crippen LogP contribution is -2.54. The van der Waals surface area contributed by atoms with Gasteiger partial charge in [0.2, 0.25) is 0 Å². The average molecular weight is 588 g/mol. The molecule has 2 N–H and O–H groups in total. The second kappa shape index (κ2) is 13.4. The minimum atomic E-state index is -2.77. The zero-order chi connectivity index (χ0) is 29.6. The normalized spacial score (nSPS) is 20.9. The van der Waals surface area contributed by atoms with Crippen molar-refractivity contribution in [2.24, 2.45) is 0 Å². The van der Waals surface area contributed by atoms with Gasteiger partial charge in [-0.05, 0) is 37.0 Å². The molecule has 2 amide bonds. The molecule has 1 saturated heterocycles. The van der Waals surface area contributed by atoms with Crippen molar-refractivity contribution in [2.45, 2.75) is 56.7 Å². The molecule has 0 radical (unpaired) electrons. The number of rotatable bonds is 8. The second-order valence-electron chi connectivity index (χ2n) is 10.6. The number of imidazole rings is 1. The van der Waals surface area contributed by atoms with Crippen LogP contribution in [-0.4, -0.2) is 71.2 Å². The average Bonchev–Trinajstić information content (AvgIpc) is 3.41. The number of aromatic nitrogens is 2. The summed E-state index contributed by atoms with van der Waals surface area (Å²) in [6.45, 7) is 0.388. The van der Waals surface area contributed by atoms with E-state index in [1.54, 1.807) is 11.2 Å². The summed E-state index contributed by atoms with van der Waals surface area (Å²) in [6.07, 6.45) is 1.14. The summed E-state index contributed by atoms with van der Waals surface area (Å²) in [5, 5.41) is 6.00. The third kappa shape index (κ3) is 6.92. The zero-order valence-corrected chi connectivity index (χ0v) is 22.9. The van der Waals surface area contributed by atoms with Crippen LogP contribution in [0.25, 0.3) is 11.3 Å². The molecule has 0 spiro atoms. The Morgan fingerprint density at radius 3 is 2.55 bits per heavy atom. The molecule has 42 heavy (non-hydrogen) atoms. The molecular formula is C30H33F4N5O3. The lowest BCUT2D eigenvalue weighted by molar-refractivity contribution is 0.0458. The molecule has 1 aromatic heterocycles. The fraction of sp³-hybridized carbons (Fsp3) is 0.433. The maximum Gasteiger partial charge on any atom is 0.407 e. The Bertz CT molecular complexity index is 1370. The highest BCUT2D eigenvalue weighted by Crippen LogP contribution is 2.35. The van der Waals surface area contributed by atoms with Gasteiger partial charge in [-0.1, -0.05) is 43.2 Å². The van der Waals surface area contributed by atoms with Gasteiger partial charge in [0, 0.05) is 37.3 Å². The molecular weight excluding hydrogens is 554 g/mol. The third-order valence-corrected chi connectivity index (χ3v) is 7.78. The van der Waals surface area contributed by atoms with E-state index in [9.17, 15) is 27.2 Å². The Morgan fingerprint density at radius 1 is 1.07 bits per heavy atom. The predicted molar refractivity (Wildman–Crippen MR) is 147 cm³/mol. The Kier molecular flexibility index (Phi) is 9.41. The first kappa shape index (κ1) is 29.6. The molecule has 1 aliphatic heterocycles. The molecule has 2 heterocycles. The first-order valence-corrected chi connectivity index (χ1v) is 14.1. The Hall–Kier alpha value is -3.93. The van der Waals surface area contributed by atoms with Crippen molar-refractivity contribution >= 4 is 12.0 Å². The van der Waals surface area contributed by atoms with E-state index in [0.29, 0.717) is 43.7 Å². The summed E-state index contributed by atoms with van der Waals surface area (Å²) in [5.74, 6) is -1.66. The number of halogens is 4. The topological polar surface area (TPSA) is 88.5 Å². The zero-order valence-electron chi connectivity index (χ0n) is 22.9. The highest BCUT2D eigenvalue weighted by atomic mass is 19.3. The molecule has 2 fully saturated rings. The van der Waals surface area contributed by atoms with Crippen molar-refractivity contribution in [1.82, 2.24) is 25.1 Å². The highest BCUT2D eigenvalue weighted by Gasteiger charge is 2.35. The van der Waals surface area contributed by atoms with E-state index in [1.807, 2.05) is 34.9 Å². The minimum absolute atomic E-state index is 0.225. The second-order valence-corrected chi connectivity index (χ2v) is 10.6.